The molecule has 0 bridgehead atoms. The van der Waals surface area contributed by atoms with Crippen LogP contribution in [0.1, 0.15) is 23.7 Å². The number of benzene rings is 1. The van der Waals surface area contributed by atoms with Crippen LogP contribution in [0.15, 0.2) is 29.2 Å². The van der Waals surface area contributed by atoms with E-state index < -0.39 is 19.9 Å². The lowest BCUT2D eigenvalue weighted by Crippen LogP contribution is -2.30. The normalized spacial score (nSPS) is 21.3. The van der Waals surface area contributed by atoms with Gasteiger partial charge in [0.1, 0.15) is 0 Å². The number of ketones is 1. The van der Waals surface area contributed by atoms with E-state index in [1.807, 2.05) is 0 Å². The summed E-state index contributed by atoms with van der Waals surface area (Å²) in [6, 6.07) is 5.64. The van der Waals surface area contributed by atoms with Crippen LogP contribution in [-0.2, 0) is 19.9 Å². The van der Waals surface area contributed by atoms with Gasteiger partial charge < -0.3 is 0 Å². The van der Waals surface area contributed by atoms with Crippen LogP contribution in [0.25, 0.3) is 0 Å². The third-order valence-corrected chi connectivity index (χ3v) is 6.74. The fourth-order valence-corrected chi connectivity index (χ4v) is 5.19. The Morgan fingerprint density at radius 1 is 1.29 bits per heavy atom. The van der Waals surface area contributed by atoms with Gasteiger partial charge >= 0.3 is 0 Å². The zero-order chi connectivity index (χ0) is 15.7. The Morgan fingerprint density at radius 2 is 1.90 bits per heavy atom. The summed E-state index contributed by atoms with van der Waals surface area (Å²) in [5.74, 6) is -0.171. The molecule has 6 nitrogen and oxygen atoms in total. The van der Waals surface area contributed by atoms with Crippen molar-refractivity contribution in [2.45, 2.75) is 18.2 Å². The average Bonchev–Trinajstić information content (AvgIpc) is 2.76. The van der Waals surface area contributed by atoms with Crippen molar-refractivity contribution >= 4 is 25.6 Å². The van der Waals surface area contributed by atoms with E-state index in [9.17, 15) is 21.6 Å². The van der Waals surface area contributed by atoms with Crippen LogP contribution in [-0.4, -0.2) is 40.7 Å². The molecule has 1 aliphatic heterocycles. The van der Waals surface area contributed by atoms with Crippen molar-refractivity contribution in [1.82, 2.24) is 4.72 Å². The van der Waals surface area contributed by atoms with E-state index >= 15 is 0 Å². The molecule has 0 aromatic heterocycles. The Balaban J connectivity index is 2.03. The van der Waals surface area contributed by atoms with Gasteiger partial charge in [-0.1, -0.05) is 12.1 Å². The molecule has 1 fully saturated rings. The van der Waals surface area contributed by atoms with Crippen molar-refractivity contribution in [3.05, 3.63) is 29.8 Å². The minimum atomic E-state index is -3.68. The highest BCUT2D eigenvalue weighted by Gasteiger charge is 2.28. The van der Waals surface area contributed by atoms with E-state index in [0.29, 0.717) is 12.0 Å². The third-order valence-electron chi connectivity index (χ3n) is 3.46. The van der Waals surface area contributed by atoms with Gasteiger partial charge in [0.25, 0.3) is 0 Å². The Kier molecular flexibility index (Phi) is 4.50. The van der Waals surface area contributed by atoms with Crippen LogP contribution in [0.2, 0.25) is 0 Å². The molecular weight excluding hydrogens is 314 g/mol. The fourth-order valence-electron chi connectivity index (χ4n) is 2.21. The highest BCUT2D eigenvalue weighted by Crippen LogP contribution is 2.18. The van der Waals surface area contributed by atoms with E-state index in [2.05, 4.69) is 4.72 Å². The summed E-state index contributed by atoms with van der Waals surface area (Å²) in [6.45, 7) is 1.51. The highest BCUT2D eigenvalue weighted by atomic mass is 32.2. The zero-order valence-electron chi connectivity index (χ0n) is 11.6. The quantitative estimate of drug-likeness (QED) is 0.797. The summed E-state index contributed by atoms with van der Waals surface area (Å²) in [5, 5.41) is 0. The molecule has 0 amide bonds. The van der Waals surface area contributed by atoms with Gasteiger partial charge in [0, 0.05) is 12.1 Å². The highest BCUT2D eigenvalue weighted by molar-refractivity contribution is 7.91. The monoisotopic (exact) mass is 331 g/mol. The molecule has 0 unspecified atom stereocenters. The predicted molar refractivity (Wildman–Crippen MR) is 78.4 cm³/mol. The summed E-state index contributed by atoms with van der Waals surface area (Å²) >= 11 is 0. The van der Waals surface area contributed by atoms with Crippen LogP contribution in [0, 0.1) is 5.92 Å². The molecule has 0 radical (unpaired) electrons. The van der Waals surface area contributed by atoms with E-state index in [4.69, 9.17) is 0 Å². The Hall–Kier alpha value is -1.25. The maximum atomic E-state index is 12.1. The lowest BCUT2D eigenvalue weighted by Gasteiger charge is -2.10. The maximum Gasteiger partial charge on any atom is 0.240 e. The molecule has 0 aliphatic carbocycles. The summed E-state index contributed by atoms with van der Waals surface area (Å²) in [5.41, 5.74) is 0.441. The minimum Gasteiger partial charge on any atom is -0.295 e. The average molecular weight is 331 g/mol. The van der Waals surface area contributed by atoms with Crippen LogP contribution >= 0.6 is 0 Å². The number of hydrogen-bond donors (Lipinski definition) is 1. The van der Waals surface area contributed by atoms with Gasteiger partial charge in [-0.05, 0) is 31.4 Å². The van der Waals surface area contributed by atoms with Crippen molar-refractivity contribution in [1.29, 1.82) is 0 Å². The van der Waals surface area contributed by atoms with Gasteiger partial charge in [0.15, 0.2) is 15.6 Å². The third kappa shape index (κ3) is 4.12. The Bertz CT molecular complexity index is 735. The topological polar surface area (TPSA) is 97.4 Å². The van der Waals surface area contributed by atoms with Crippen molar-refractivity contribution in [2.24, 2.45) is 5.92 Å². The second-order valence-corrected chi connectivity index (χ2v) is 9.20. The molecule has 8 heteroatoms. The van der Waals surface area contributed by atoms with Crippen LogP contribution in [0.5, 0.6) is 0 Å². The van der Waals surface area contributed by atoms with Gasteiger partial charge in [-0.15, -0.1) is 0 Å². The first-order chi connectivity index (χ1) is 9.70. The lowest BCUT2D eigenvalue weighted by atomic mass is 10.1. The first kappa shape index (κ1) is 16.1. The van der Waals surface area contributed by atoms with E-state index in [1.54, 1.807) is 0 Å². The molecule has 116 valence electrons. The SMILES string of the molecule is CC(=O)c1ccc(S(=O)(=O)NC[C@H]2CCS(=O)(=O)C2)cc1. The first-order valence-electron chi connectivity index (χ1n) is 6.51. The molecule has 1 aliphatic rings. The number of Topliss-reactive ketones (excluding diaryl/α,β-unsaturated/α-hetero) is 1. The van der Waals surface area contributed by atoms with Gasteiger partial charge in [0.05, 0.1) is 16.4 Å². The second-order valence-electron chi connectivity index (χ2n) is 5.20. The molecule has 1 saturated heterocycles. The van der Waals surface area contributed by atoms with Gasteiger partial charge in [-0.25, -0.2) is 21.6 Å². The Morgan fingerprint density at radius 3 is 2.38 bits per heavy atom. The van der Waals surface area contributed by atoms with Gasteiger partial charge in [-0.3, -0.25) is 4.79 Å². The molecule has 0 spiro atoms. The summed E-state index contributed by atoms with van der Waals surface area (Å²) in [6.07, 6.45) is 0.480. The number of sulfonamides is 1. The number of nitrogens with one attached hydrogen (secondary N) is 1. The van der Waals surface area contributed by atoms with E-state index in [1.165, 1.54) is 31.2 Å². The van der Waals surface area contributed by atoms with E-state index in [0.717, 1.165) is 0 Å². The van der Waals surface area contributed by atoms with Gasteiger partial charge in [0.2, 0.25) is 10.0 Å². The number of hydrogen-bond acceptors (Lipinski definition) is 5. The predicted octanol–water partition coefficient (Wildman–Crippen LogP) is 0.602. The first-order valence-corrected chi connectivity index (χ1v) is 9.81. The number of carbonyl (C=O) groups excluding carboxylic acids is 1. The molecule has 0 saturated carbocycles. The lowest BCUT2D eigenvalue weighted by molar-refractivity contribution is 0.101. The zero-order valence-corrected chi connectivity index (χ0v) is 13.2. The molecule has 1 aromatic rings. The van der Waals surface area contributed by atoms with Gasteiger partial charge in [-0.2, -0.15) is 0 Å². The maximum absolute atomic E-state index is 12.1. The Labute approximate surface area is 124 Å². The standard InChI is InChI=1S/C13H17NO5S2/c1-10(15)12-2-4-13(5-3-12)21(18,19)14-8-11-6-7-20(16,17)9-11/h2-5,11,14H,6-9H2,1H3/t11-/m1/s1. The van der Waals surface area contributed by atoms with Crippen molar-refractivity contribution in [2.75, 3.05) is 18.1 Å². The van der Waals surface area contributed by atoms with Crippen LogP contribution in [0.3, 0.4) is 0 Å². The summed E-state index contributed by atoms with van der Waals surface area (Å²) < 4.78 is 49.3. The smallest absolute Gasteiger partial charge is 0.240 e. The molecule has 1 N–H and O–H groups in total. The molecule has 2 rings (SSSR count). The summed E-state index contributed by atoms with van der Waals surface area (Å²) in [7, 11) is -6.70. The molecule has 1 aromatic carbocycles. The second kappa shape index (κ2) is 5.86. The molecule has 1 heterocycles. The van der Waals surface area contributed by atoms with Crippen LogP contribution < -0.4 is 4.72 Å². The number of rotatable bonds is 5. The van der Waals surface area contributed by atoms with Crippen molar-refractivity contribution in [3.8, 4) is 0 Å². The largest absolute Gasteiger partial charge is 0.295 e. The fraction of sp³-hybridized carbons (Fsp3) is 0.462. The molecule has 21 heavy (non-hydrogen) atoms. The van der Waals surface area contributed by atoms with Crippen molar-refractivity contribution in [3.63, 3.8) is 0 Å². The molecule has 1 atom stereocenters. The van der Waals surface area contributed by atoms with Crippen molar-refractivity contribution < 1.29 is 21.6 Å². The number of carbonyl (C=O) groups is 1. The van der Waals surface area contributed by atoms with E-state index in [-0.39, 0.29) is 34.6 Å². The minimum absolute atomic E-state index is 0.0266. The number of sulfone groups is 1. The molecular formula is C13H17NO5S2. The van der Waals surface area contributed by atoms with Crippen LogP contribution in [0.4, 0.5) is 0 Å². The summed E-state index contributed by atoms with van der Waals surface area (Å²) in [4.78, 5) is 11.2.